The van der Waals surface area contributed by atoms with Gasteiger partial charge in [-0.1, -0.05) is 23.4 Å². The Morgan fingerprint density at radius 1 is 1.25 bits per heavy atom. The second kappa shape index (κ2) is 12.8. The lowest BCUT2D eigenvalue weighted by atomic mass is 9.87. The monoisotopic (exact) mass is 636 g/mol. The van der Waals surface area contributed by atoms with Crippen molar-refractivity contribution in [2.45, 2.75) is 64.5 Å². The normalized spacial score (nSPS) is 18.7. The number of nitrogens with zero attached hydrogens (tertiary/aromatic N) is 4. The van der Waals surface area contributed by atoms with Crippen molar-refractivity contribution in [3.8, 4) is 23.0 Å². The molecule has 7 nitrogen and oxygen atoms in total. The van der Waals surface area contributed by atoms with Gasteiger partial charge in [-0.3, -0.25) is 19.2 Å². The Morgan fingerprint density at radius 3 is 2.89 bits per heavy atom. The van der Waals surface area contributed by atoms with E-state index in [1.165, 1.54) is 11.3 Å². The minimum Gasteiger partial charge on any atom is -0.478 e. The fourth-order valence-corrected chi connectivity index (χ4v) is 7.74. The number of piperidine rings is 1. The molecule has 1 aliphatic heterocycles. The van der Waals surface area contributed by atoms with E-state index in [1.54, 1.807) is 28.3 Å². The first kappa shape index (κ1) is 30.4. The molecular weight excluding hydrogens is 606 g/mol. The van der Waals surface area contributed by atoms with E-state index in [0.29, 0.717) is 46.9 Å². The number of thiophene rings is 1. The molecule has 2 aliphatic rings. The Kier molecular flexibility index (Phi) is 8.81. The number of pyridine rings is 1. The summed E-state index contributed by atoms with van der Waals surface area (Å²) in [5.74, 6) is 5.90. The molecule has 3 aromatic heterocycles. The number of halogens is 3. The molecule has 228 valence electrons. The molecule has 0 saturated carbocycles. The minimum atomic E-state index is -2.29. The lowest BCUT2D eigenvalue weighted by molar-refractivity contribution is 0.0610. The minimum absolute atomic E-state index is 0.00624. The number of aromatic carboxylic acids is 1. The van der Waals surface area contributed by atoms with Gasteiger partial charge in [0.15, 0.2) is 0 Å². The van der Waals surface area contributed by atoms with Gasteiger partial charge in [0.1, 0.15) is 5.82 Å². The molecule has 0 radical (unpaired) electrons. The first-order valence-corrected chi connectivity index (χ1v) is 15.9. The highest BCUT2D eigenvalue weighted by Crippen LogP contribution is 2.36. The summed E-state index contributed by atoms with van der Waals surface area (Å²) < 4.78 is 28.4. The van der Waals surface area contributed by atoms with Gasteiger partial charge in [-0.05, 0) is 75.8 Å². The zero-order valence-corrected chi connectivity index (χ0v) is 25.7. The standard InChI is InChI=1S/C33H31ClF2N4O3S/c1-19-38-28-9-8-23(39-12-2-4-20(17-39)14-29(35)36)16-26(28)32(41)40(19)13-3-5-21-6-7-22(34)15-25(21)24-10-11-37-30-27(33(42)43)18-44-31(24)30/h6-7,10-11,15,18,20,23,29H,2,4,8-9,12-14,16-17H2,1H3,(H,42,43). The third-order valence-electron chi connectivity index (χ3n) is 8.69. The first-order valence-electron chi connectivity index (χ1n) is 14.7. The number of alkyl halides is 2. The second-order valence-corrected chi connectivity index (χ2v) is 12.8. The van der Waals surface area contributed by atoms with Crippen LogP contribution in [0, 0.1) is 24.7 Å². The van der Waals surface area contributed by atoms with Crippen molar-refractivity contribution in [3.05, 3.63) is 79.4 Å². The summed E-state index contributed by atoms with van der Waals surface area (Å²) in [5.41, 5.74) is 4.20. The van der Waals surface area contributed by atoms with E-state index in [4.69, 9.17) is 16.6 Å². The van der Waals surface area contributed by atoms with E-state index in [0.717, 1.165) is 47.3 Å². The Morgan fingerprint density at radius 2 is 2.09 bits per heavy atom. The number of carboxylic acid groups (broad SMARTS) is 1. The van der Waals surface area contributed by atoms with Crippen LogP contribution in [0.1, 0.15) is 58.7 Å². The number of carboxylic acids is 1. The van der Waals surface area contributed by atoms with E-state index >= 15 is 0 Å². The Bertz CT molecular complexity index is 1860. The van der Waals surface area contributed by atoms with Crippen LogP contribution in [0.25, 0.3) is 21.3 Å². The molecule has 1 saturated heterocycles. The van der Waals surface area contributed by atoms with Gasteiger partial charge in [0.2, 0.25) is 6.43 Å². The zero-order valence-electron chi connectivity index (χ0n) is 24.2. The van der Waals surface area contributed by atoms with Crippen LogP contribution < -0.4 is 5.56 Å². The summed E-state index contributed by atoms with van der Waals surface area (Å²) in [6.07, 6.45) is 3.07. The molecule has 1 aromatic carbocycles. The molecular formula is C33H31ClF2N4O3S. The van der Waals surface area contributed by atoms with Crippen molar-refractivity contribution in [1.82, 2.24) is 19.4 Å². The fourth-order valence-electron chi connectivity index (χ4n) is 6.54. The SMILES string of the molecule is Cc1nc2c(c(=O)n1CC#Cc1ccc(Cl)cc1-c1ccnc3c(C(=O)O)csc13)CC(N1CCCC(CC(F)F)C1)CC2. The number of likely N-dealkylation sites (tertiary alicyclic amines) is 1. The number of aryl methyl sites for hydroxylation is 2. The fraction of sp³-hybridized carbons (Fsp3) is 0.394. The number of hydrogen-bond donors (Lipinski definition) is 1. The molecule has 11 heteroatoms. The van der Waals surface area contributed by atoms with Gasteiger partial charge in [0, 0.05) is 57.9 Å². The van der Waals surface area contributed by atoms with Gasteiger partial charge >= 0.3 is 5.97 Å². The highest BCUT2D eigenvalue weighted by molar-refractivity contribution is 7.18. The molecule has 4 heterocycles. The number of rotatable bonds is 6. The van der Waals surface area contributed by atoms with Crippen LogP contribution in [0.3, 0.4) is 0 Å². The molecule has 1 aliphatic carbocycles. The summed E-state index contributed by atoms with van der Waals surface area (Å²) in [6.45, 7) is 3.48. The van der Waals surface area contributed by atoms with Crippen molar-refractivity contribution < 1.29 is 18.7 Å². The Hall–Kier alpha value is -3.65. The number of aromatic nitrogens is 3. The van der Waals surface area contributed by atoms with Crippen LogP contribution >= 0.6 is 22.9 Å². The number of benzene rings is 1. The summed E-state index contributed by atoms with van der Waals surface area (Å²) >= 11 is 7.67. The Labute approximate surface area is 262 Å². The molecule has 0 spiro atoms. The summed E-state index contributed by atoms with van der Waals surface area (Å²) in [5, 5.41) is 11.7. The molecule has 4 aromatic rings. The zero-order chi connectivity index (χ0) is 31.0. The quantitative estimate of drug-likeness (QED) is 0.245. The maximum atomic E-state index is 13.7. The highest BCUT2D eigenvalue weighted by Gasteiger charge is 2.32. The van der Waals surface area contributed by atoms with E-state index in [1.807, 2.05) is 19.1 Å². The van der Waals surface area contributed by atoms with Crippen LogP contribution in [-0.4, -0.2) is 56.1 Å². The highest BCUT2D eigenvalue weighted by atomic mass is 35.5. The van der Waals surface area contributed by atoms with E-state index in [2.05, 4.69) is 21.7 Å². The van der Waals surface area contributed by atoms with Crippen molar-refractivity contribution in [1.29, 1.82) is 0 Å². The molecule has 2 atom stereocenters. The van der Waals surface area contributed by atoms with E-state index in [-0.39, 0.29) is 36.0 Å². The van der Waals surface area contributed by atoms with Gasteiger partial charge in [0.05, 0.1) is 28.0 Å². The van der Waals surface area contributed by atoms with Crippen LogP contribution in [0.15, 0.2) is 40.6 Å². The lowest BCUT2D eigenvalue weighted by Gasteiger charge is -2.40. The largest absolute Gasteiger partial charge is 0.478 e. The van der Waals surface area contributed by atoms with E-state index in [9.17, 15) is 23.5 Å². The van der Waals surface area contributed by atoms with Crippen molar-refractivity contribution in [2.75, 3.05) is 13.1 Å². The Balaban J connectivity index is 1.27. The smallest absolute Gasteiger partial charge is 0.338 e. The summed E-state index contributed by atoms with van der Waals surface area (Å²) in [7, 11) is 0. The predicted octanol–water partition coefficient (Wildman–Crippen LogP) is 6.46. The third-order valence-corrected chi connectivity index (χ3v) is 9.93. The van der Waals surface area contributed by atoms with Crippen LogP contribution in [0.2, 0.25) is 5.02 Å². The van der Waals surface area contributed by atoms with Gasteiger partial charge in [0.25, 0.3) is 5.56 Å². The van der Waals surface area contributed by atoms with Crippen molar-refractivity contribution in [3.63, 3.8) is 0 Å². The summed E-state index contributed by atoms with van der Waals surface area (Å²) in [4.78, 5) is 36.8. The van der Waals surface area contributed by atoms with Gasteiger partial charge < -0.3 is 5.11 Å². The third kappa shape index (κ3) is 6.14. The van der Waals surface area contributed by atoms with Crippen molar-refractivity contribution >= 4 is 39.1 Å². The van der Waals surface area contributed by atoms with Crippen LogP contribution in [0.5, 0.6) is 0 Å². The summed E-state index contributed by atoms with van der Waals surface area (Å²) in [6, 6.07) is 7.32. The number of fused-ring (bicyclic) bond motifs is 2. The van der Waals surface area contributed by atoms with Crippen molar-refractivity contribution in [2.24, 2.45) is 5.92 Å². The topological polar surface area (TPSA) is 88.3 Å². The number of carbonyl (C=O) groups is 1. The van der Waals surface area contributed by atoms with Gasteiger partial charge in [-0.15, -0.1) is 11.3 Å². The molecule has 6 rings (SSSR count). The average Bonchev–Trinajstić information content (AvgIpc) is 3.44. The second-order valence-electron chi connectivity index (χ2n) is 11.5. The van der Waals surface area contributed by atoms with E-state index < -0.39 is 12.4 Å². The molecule has 1 N–H and O–H groups in total. The molecule has 2 unspecified atom stereocenters. The number of hydrogen-bond acceptors (Lipinski definition) is 6. The van der Waals surface area contributed by atoms with Gasteiger partial charge in [-0.2, -0.15) is 0 Å². The first-order chi connectivity index (χ1) is 21.2. The maximum absolute atomic E-state index is 13.7. The molecule has 0 amide bonds. The van der Waals surface area contributed by atoms with Gasteiger partial charge in [-0.25, -0.2) is 18.6 Å². The van der Waals surface area contributed by atoms with Crippen LogP contribution in [-0.2, 0) is 19.4 Å². The molecule has 1 fully saturated rings. The maximum Gasteiger partial charge on any atom is 0.338 e. The average molecular weight is 637 g/mol. The predicted molar refractivity (Wildman–Crippen MR) is 168 cm³/mol. The lowest BCUT2D eigenvalue weighted by Crippen LogP contribution is -2.47. The molecule has 44 heavy (non-hydrogen) atoms. The van der Waals surface area contributed by atoms with Crippen LogP contribution in [0.4, 0.5) is 8.78 Å². The molecule has 0 bridgehead atoms.